The number of rotatable bonds is 28. The van der Waals surface area contributed by atoms with Crippen molar-refractivity contribution in [3.63, 3.8) is 0 Å². The number of aromatic carboxylic acids is 1. The van der Waals surface area contributed by atoms with E-state index < -0.39 is 5.97 Å². The Kier molecular flexibility index (Phi) is 22.7. The van der Waals surface area contributed by atoms with Gasteiger partial charge < -0.3 is 44.2 Å². The van der Waals surface area contributed by atoms with Crippen molar-refractivity contribution < 1.29 is 48.0 Å². The van der Waals surface area contributed by atoms with E-state index in [0.717, 1.165) is 44.9 Å². The molecule has 0 bridgehead atoms. The first-order valence-corrected chi connectivity index (χ1v) is 14.3. The monoisotopic (exact) mass is 582 g/mol. The van der Waals surface area contributed by atoms with Gasteiger partial charge in [-0.05, 0) is 37.1 Å². The molecule has 12 nitrogen and oxygen atoms in total. The van der Waals surface area contributed by atoms with Crippen molar-refractivity contribution in [3.05, 3.63) is 29.8 Å². The van der Waals surface area contributed by atoms with Crippen LogP contribution < -0.4 is 15.4 Å². The average Bonchev–Trinajstić information content (AvgIpc) is 2.97. The van der Waals surface area contributed by atoms with Crippen LogP contribution in [0.2, 0.25) is 0 Å². The van der Waals surface area contributed by atoms with Gasteiger partial charge in [0.15, 0.2) is 0 Å². The number of hydrogen-bond acceptors (Lipinski definition) is 9. The number of nitrogens with one attached hydrogen (secondary N) is 2. The van der Waals surface area contributed by atoms with Gasteiger partial charge in [0.2, 0.25) is 11.8 Å². The van der Waals surface area contributed by atoms with Gasteiger partial charge in [-0.15, -0.1) is 0 Å². The summed E-state index contributed by atoms with van der Waals surface area (Å²) in [6.45, 7) is 3.42. The standard InChI is InChI=1S/C29H46N2O10/c32-15-19-39-21-20-37-18-14-31-28(34)24-40-23-22-38-17-13-30-27(33)8-6-4-2-1-3-5-7-16-41-26-11-9-25(10-12-26)29(35)36/h9-12,15H,1-8,13-14,16-24H2,(H,30,33)(H,31,34)(H,35,36). The first kappa shape index (κ1) is 36.0. The molecular weight excluding hydrogens is 536 g/mol. The molecule has 41 heavy (non-hydrogen) atoms. The smallest absolute Gasteiger partial charge is 0.335 e. The maximum Gasteiger partial charge on any atom is 0.335 e. The molecule has 0 aliphatic rings. The van der Waals surface area contributed by atoms with Crippen molar-refractivity contribution in [2.24, 2.45) is 0 Å². The molecule has 0 saturated carbocycles. The first-order chi connectivity index (χ1) is 20.0. The molecule has 0 atom stereocenters. The zero-order valence-corrected chi connectivity index (χ0v) is 23.9. The number of ether oxygens (including phenoxy) is 5. The normalized spacial score (nSPS) is 10.7. The average molecular weight is 583 g/mol. The van der Waals surface area contributed by atoms with E-state index in [-0.39, 0.29) is 37.2 Å². The van der Waals surface area contributed by atoms with Crippen LogP contribution in [0.4, 0.5) is 0 Å². The molecular formula is C29H46N2O10. The van der Waals surface area contributed by atoms with E-state index in [0.29, 0.717) is 71.2 Å². The zero-order valence-electron chi connectivity index (χ0n) is 23.9. The number of unbranched alkanes of at least 4 members (excludes halogenated alkanes) is 6. The summed E-state index contributed by atoms with van der Waals surface area (Å²) in [5, 5.41) is 14.4. The fourth-order valence-electron chi connectivity index (χ4n) is 3.56. The summed E-state index contributed by atoms with van der Waals surface area (Å²) in [7, 11) is 0. The number of carboxylic acid groups (broad SMARTS) is 1. The third kappa shape index (κ3) is 22.3. The second-order valence-corrected chi connectivity index (χ2v) is 9.12. The van der Waals surface area contributed by atoms with Crippen LogP contribution in [0.15, 0.2) is 24.3 Å². The van der Waals surface area contributed by atoms with E-state index in [1.54, 1.807) is 12.1 Å². The maximum atomic E-state index is 11.9. The van der Waals surface area contributed by atoms with Gasteiger partial charge >= 0.3 is 5.97 Å². The summed E-state index contributed by atoms with van der Waals surface area (Å²) in [6, 6.07) is 6.42. The number of carboxylic acids is 1. The van der Waals surface area contributed by atoms with Gasteiger partial charge in [-0.25, -0.2) is 4.79 Å². The van der Waals surface area contributed by atoms with Crippen LogP contribution in [-0.4, -0.2) is 102 Å². The molecule has 0 radical (unpaired) electrons. The number of carbonyl (C=O) groups excluding carboxylic acids is 3. The van der Waals surface area contributed by atoms with Crippen molar-refractivity contribution in [3.8, 4) is 5.75 Å². The van der Waals surface area contributed by atoms with Crippen LogP contribution in [0.25, 0.3) is 0 Å². The molecule has 0 saturated heterocycles. The maximum absolute atomic E-state index is 11.9. The Morgan fingerprint density at radius 1 is 0.659 bits per heavy atom. The highest BCUT2D eigenvalue weighted by Crippen LogP contribution is 2.14. The summed E-state index contributed by atoms with van der Waals surface area (Å²) in [4.78, 5) is 44.5. The van der Waals surface area contributed by atoms with Crippen molar-refractivity contribution in [2.75, 3.05) is 72.6 Å². The molecule has 0 heterocycles. The lowest BCUT2D eigenvalue weighted by Crippen LogP contribution is -2.31. The third-order valence-corrected chi connectivity index (χ3v) is 5.72. The van der Waals surface area contributed by atoms with Crippen molar-refractivity contribution in [2.45, 2.75) is 51.4 Å². The van der Waals surface area contributed by atoms with Gasteiger partial charge in [0.1, 0.15) is 25.2 Å². The first-order valence-electron chi connectivity index (χ1n) is 14.3. The lowest BCUT2D eigenvalue weighted by Gasteiger charge is -2.08. The predicted molar refractivity (Wildman–Crippen MR) is 151 cm³/mol. The van der Waals surface area contributed by atoms with Crippen LogP contribution in [-0.2, 0) is 33.3 Å². The van der Waals surface area contributed by atoms with E-state index in [9.17, 15) is 19.2 Å². The zero-order chi connectivity index (χ0) is 29.8. The van der Waals surface area contributed by atoms with Crippen LogP contribution in [0.1, 0.15) is 61.7 Å². The van der Waals surface area contributed by atoms with Crippen molar-refractivity contribution >= 4 is 24.1 Å². The van der Waals surface area contributed by atoms with Gasteiger partial charge in [-0.1, -0.05) is 32.1 Å². The molecule has 12 heteroatoms. The van der Waals surface area contributed by atoms with Crippen molar-refractivity contribution in [1.29, 1.82) is 0 Å². The summed E-state index contributed by atoms with van der Waals surface area (Å²) in [5.74, 6) is -0.487. The highest BCUT2D eigenvalue weighted by molar-refractivity contribution is 5.87. The molecule has 1 rings (SSSR count). The Bertz CT molecular complexity index is 835. The molecule has 0 spiro atoms. The lowest BCUT2D eigenvalue weighted by atomic mass is 10.1. The molecule has 1 aromatic carbocycles. The molecule has 1 aromatic rings. The number of carbonyl (C=O) groups is 4. The number of aldehydes is 1. The van der Waals surface area contributed by atoms with Crippen molar-refractivity contribution in [1.82, 2.24) is 10.6 Å². The minimum atomic E-state index is -0.946. The Morgan fingerprint density at radius 2 is 1.22 bits per heavy atom. The lowest BCUT2D eigenvalue weighted by molar-refractivity contribution is -0.126. The quantitative estimate of drug-likeness (QED) is 0.0989. The molecule has 0 unspecified atom stereocenters. The largest absolute Gasteiger partial charge is 0.494 e. The fraction of sp³-hybridized carbons (Fsp3) is 0.655. The van der Waals surface area contributed by atoms with Crippen LogP contribution in [0.3, 0.4) is 0 Å². The van der Waals surface area contributed by atoms with E-state index in [1.165, 1.54) is 12.1 Å². The molecule has 0 fully saturated rings. The van der Waals surface area contributed by atoms with E-state index in [4.69, 9.17) is 28.8 Å². The molecule has 3 N–H and O–H groups in total. The molecule has 0 aliphatic heterocycles. The molecule has 232 valence electrons. The second kappa shape index (κ2) is 25.9. The van der Waals surface area contributed by atoms with Crippen LogP contribution >= 0.6 is 0 Å². The highest BCUT2D eigenvalue weighted by atomic mass is 16.5. The second-order valence-electron chi connectivity index (χ2n) is 9.12. The van der Waals surface area contributed by atoms with Gasteiger partial charge in [-0.2, -0.15) is 0 Å². The van der Waals surface area contributed by atoms with Gasteiger partial charge in [0.25, 0.3) is 0 Å². The minimum Gasteiger partial charge on any atom is -0.494 e. The predicted octanol–water partition coefficient (Wildman–Crippen LogP) is 2.38. The van der Waals surface area contributed by atoms with Gasteiger partial charge in [0.05, 0.1) is 51.8 Å². The summed E-state index contributed by atoms with van der Waals surface area (Å²) in [6.07, 6.45) is 8.43. The van der Waals surface area contributed by atoms with E-state index in [1.807, 2.05) is 0 Å². The Morgan fingerprint density at radius 3 is 1.85 bits per heavy atom. The molecule has 0 aromatic heterocycles. The molecule has 0 aliphatic carbocycles. The number of amides is 2. The van der Waals surface area contributed by atoms with Gasteiger partial charge in [0, 0.05) is 19.5 Å². The summed E-state index contributed by atoms with van der Waals surface area (Å²) < 4.78 is 26.4. The minimum absolute atomic E-state index is 0.0209. The number of benzene rings is 1. The van der Waals surface area contributed by atoms with E-state index >= 15 is 0 Å². The van der Waals surface area contributed by atoms with Crippen LogP contribution in [0, 0.1) is 0 Å². The number of hydrogen-bond donors (Lipinski definition) is 3. The highest BCUT2D eigenvalue weighted by Gasteiger charge is 2.04. The van der Waals surface area contributed by atoms with Gasteiger partial charge in [-0.3, -0.25) is 9.59 Å². The Hall–Kier alpha value is -3.06. The molecule has 2 amide bonds. The Balaban J connectivity index is 1.79. The van der Waals surface area contributed by atoms with E-state index in [2.05, 4.69) is 10.6 Å². The topological polar surface area (TPSA) is 159 Å². The summed E-state index contributed by atoms with van der Waals surface area (Å²) >= 11 is 0. The van der Waals surface area contributed by atoms with Crippen LogP contribution in [0.5, 0.6) is 5.75 Å². The SMILES string of the molecule is O=CCOCCOCCNC(=O)COCCOCCNC(=O)CCCCCCCCCOc1ccc(C(=O)O)cc1. The Labute approximate surface area is 242 Å². The third-order valence-electron chi connectivity index (χ3n) is 5.72. The fourth-order valence-corrected chi connectivity index (χ4v) is 3.56. The summed E-state index contributed by atoms with van der Waals surface area (Å²) in [5.41, 5.74) is 0.248.